The zero-order valence-electron chi connectivity index (χ0n) is 6.27. The fourth-order valence-corrected chi connectivity index (χ4v) is 0.727. The second kappa shape index (κ2) is 4.50. The summed E-state index contributed by atoms with van der Waals surface area (Å²) >= 11 is 0. The zero-order chi connectivity index (χ0) is 7.56. The van der Waals surface area contributed by atoms with Gasteiger partial charge in [-0.25, -0.2) is 8.78 Å². The molecular formula is C7H7F2LiN. The van der Waals surface area contributed by atoms with Crippen molar-refractivity contribution in [1.29, 1.82) is 0 Å². The normalized spacial score (nSPS) is 9.00. The minimum Gasteiger partial charge on any atom is -0.326 e. The Bertz CT molecular complexity index is 220. The van der Waals surface area contributed by atoms with Gasteiger partial charge >= 0.3 is 0 Å². The van der Waals surface area contributed by atoms with Gasteiger partial charge < -0.3 is 5.73 Å². The van der Waals surface area contributed by atoms with Crippen molar-refractivity contribution < 1.29 is 8.78 Å². The Morgan fingerprint density at radius 3 is 1.91 bits per heavy atom. The molecule has 4 heteroatoms. The van der Waals surface area contributed by atoms with E-state index in [0.29, 0.717) is 0 Å². The second-order valence-electron chi connectivity index (χ2n) is 1.90. The Labute approximate surface area is 75.8 Å². The summed E-state index contributed by atoms with van der Waals surface area (Å²) in [5, 5.41) is 0. The van der Waals surface area contributed by atoms with Crippen LogP contribution in [0.4, 0.5) is 8.78 Å². The first-order chi connectivity index (χ1) is 4.75. The van der Waals surface area contributed by atoms with Gasteiger partial charge in [0.2, 0.25) is 0 Å². The van der Waals surface area contributed by atoms with Gasteiger partial charge in [-0.1, -0.05) is 6.07 Å². The van der Waals surface area contributed by atoms with Crippen LogP contribution in [0.25, 0.3) is 0 Å². The molecule has 0 fully saturated rings. The van der Waals surface area contributed by atoms with E-state index in [1.54, 1.807) is 0 Å². The Balaban J connectivity index is 0.000001000. The zero-order valence-corrected chi connectivity index (χ0v) is 6.27. The minimum absolute atomic E-state index is 0. The van der Waals surface area contributed by atoms with Gasteiger partial charge in [0.05, 0.1) is 0 Å². The van der Waals surface area contributed by atoms with Crippen LogP contribution in [0, 0.1) is 11.6 Å². The van der Waals surface area contributed by atoms with Crippen LogP contribution in [-0.2, 0) is 6.54 Å². The molecule has 0 heterocycles. The van der Waals surface area contributed by atoms with Gasteiger partial charge in [0.1, 0.15) is 11.6 Å². The van der Waals surface area contributed by atoms with Crippen LogP contribution in [0.5, 0.6) is 0 Å². The van der Waals surface area contributed by atoms with E-state index in [9.17, 15) is 8.78 Å². The Hall–Kier alpha value is -0.363. The molecule has 0 aliphatic heterocycles. The summed E-state index contributed by atoms with van der Waals surface area (Å²) in [5.41, 5.74) is 5.02. The molecule has 1 aromatic rings. The Morgan fingerprint density at radius 1 is 1.18 bits per heavy atom. The first kappa shape index (κ1) is 10.6. The molecule has 0 spiro atoms. The van der Waals surface area contributed by atoms with E-state index in [-0.39, 0.29) is 31.0 Å². The molecule has 55 valence electrons. The van der Waals surface area contributed by atoms with Crippen molar-refractivity contribution >= 4 is 18.9 Å². The van der Waals surface area contributed by atoms with Gasteiger partial charge in [0, 0.05) is 31.0 Å². The van der Waals surface area contributed by atoms with Gasteiger partial charge in [-0.05, 0) is 12.1 Å². The van der Waals surface area contributed by atoms with E-state index < -0.39 is 11.6 Å². The maximum absolute atomic E-state index is 12.5. The first-order valence-corrected chi connectivity index (χ1v) is 2.88. The number of hydrogen-bond acceptors (Lipinski definition) is 1. The van der Waals surface area contributed by atoms with Gasteiger partial charge in [-0.2, -0.15) is 0 Å². The number of halogens is 2. The molecule has 0 amide bonds. The molecule has 0 aliphatic rings. The minimum atomic E-state index is -0.581. The fraction of sp³-hybridized carbons (Fsp3) is 0.143. The van der Waals surface area contributed by atoms with Gasteiger partial charge in [0.15, 0.2) is 0 Å². The van der Waals surface area contributed by atoms with Crippen molar-refractivity contribution in [2.75, 3.05) is 0 Å². The Morgan fingerprint density at radius 2 is 1.64 bits per heavy atom. The van der Waals surface area contributed by atoms with E-state index in [4.69, 9.17) is 5.73 Å². The van der Waals surface area contributed by atoms with Crippen LogP contribution in [0.3, 0.4) is 0 Å². The van der Waals surface area contributed by atoms with E-state index in [1.807, 2.05) is 0 Å². The third kappa shape index (κ3) is 2.30. The molecule has 1 nitrogen and oxygen atoms in total. The predicted molar refractivity (Wildman–Crippen MR) is 40.0 cm³/mol. The van der Waals surface area contributed by atoms with Crippen LogP contribution in [0.1, 0.15) is 5.56 Å². The molecule has 0 aliphatic carbocycles. The molecule has 0 unspecified atom stereocenters. The molecule has 0 aromatic heterocycles. The van der Waals surface area contributed by atoms with Crippen molar-refractivity contribution in [3.8, 4) is 0 Å². The Kier molecular flexibility index (Phi) is 4.35. The quantitative estimate of drug-likeness (QED) is 0.594. The number of rotatable bonds is 1. The van der Waals surface area contributed by atoms with Crippen molar-refractivity contribution in [3.63, 3.8) is 0 Å². The summed E-state index contributed by atoms with van der Waals surface area (Å²) in [6, 6.07) is 3.68. The summed E-state index contributed by atoms with van der Waals surface area (Å²) in [7, 11) is 0. The second-order valence-corrected chi connectivity index (χ2v) is 1.90. The summed E-state index contributed by atoms with van der Waals surface area (Å²) in [5.74, 6) is -1.16. The van der Waals surface area contributed by atoms with E-state index >= 15 is 0 Å². The maximum atomic E-state index is 12.5. The molecule has 11 heavy (non-hydrogen) atoms. The number of hydrogen-bond donors (Lipinski definition) is 1. The van der Waals surface area contributed by atoms with Crippen LogP contribution in [0.15, 0.2) is 18.2 Å². The van der Waals surface area contributed by atoms with Crippen LogP contribution in [-0.4, -0.2) is 18.9 Å². The standard InChI is InChI=1S/C7H7F2N.Li/c8-6-2-1-3-7(9)5(6)4-10;/h1-3H,4,10H2;. The van der Waals surface area contributed by atoms with Crippen LogP contribution >= 0.6 is 0 Å². The number of nitrogens with two attached hydrogens (primary N) is 1. The molecule has 1 aromatic carbocycles. The van der Waals surface area contributed by atoms with Gasteiger partial charge in [0.25, 0.3) is 0 Å². The average Bonchev–Trinajstić information content (AvgIpc) is 1.88. The smallest absolute Gasteiger partial charge is 0.130 e. The van der Waals surface area contributed by atoms with E-state index in [0.717, 1.165) is 0 Å². The van der Waals surface area contributed by atoms with Crippen LogP contribution < -0.4 is 5.73 Å². The van der Waals surface area contributed by atoms with Crippen molar-refractivity contribution in [1.82, 2.24) is 0 Å². The molecule has 0 atom stereocenters. The molecule has 0 saturated heterocycles. The molecule has 1 rings (SSSR count). The van der Waals surface area contributed by atoms with Gasteiger partial charge in [-0.3, -0.25) is 0 Å². The first-order valence-electron chi connectivity index (χ1n) is 2.88. The fourth-order valence-electron chi connectivity index (χ4n) is 0.727. The number of benzene rings is 1. The van der Waals surface area contributed by atoms with Crippen molar-refractivity contribution in [3.05, 3.63) is 35.4 Å². The summed E-state index contributed by atoms with van der Waals surface area (Å²) < 4.78 is 25.1. The maximum Gasteiger partial charge on any atom is 0.130 e. The van der Waals surface area contributed by atoms with E-state index in [2.05, 4.69) is 0 Å². The summed E-state index contributed by atoms with van der Waals surface area (Å²) in [6.07, 6.45) is 0. The summed E-state index contributed by atoms with van der Waals surface area (Å²) in [6.45, 7) is -0.0987. The third-order valence-corrected chi connectivity index (χ3v) is 1.27. The topological polar surface area (TPSA) is 26.0 Å². The van der Waals surface area contributed by atoms with Crippen molar-refractivity contribution in [2.45, 2.75) is 6.54 Å². The average molecular weight is 150 g/mol. The van der Waals surface area contributed by atoms with Crippen molar-refractivity contribution in [2.24, 2.45) is 5.73 Å². The summed E-state index contributed by atoms with van der Waals surface area (Å²) in [4.78, 5) is 0. The van der Waals surface area contributed by atoms with E-state index in [1.165, 1.54) is 18.2 Å². The third-order valence-electron chi connectivity index (χ3n) is 1.27. The van der Waals surface area contributed by atoms with Gasteiger partial charge in [-0.15, -0.1) is 0 Å². The molecule has 0 bridgehead atoms. The molecule has 1 radical (unpaired) electrons. The molecule has 2 N–H and O–H groups in total. The van der Waals surface area contributed by atoms with Crippen LogP contribution in [0.2, 0.25) is 0 Å². The monoisotopic (exact) mass is 150 g/mol. The largest absolute Gasteiger partial charge is 0.326 e. The SMILES string of the molecule is NCc1c(F)cccc1F.[Li]. The molecular weight excluding hydrogens is 143 g/mol. The predicted octanol–water partition coefficient (Wildman–Crippen LogP) is 1.04. The molecule has 0 saturated carbocycles.